The molecule has 0 aliphatic carbocycles. The second-order valence-electron chi connectivity index (χ2n) is 8.44. The number of hydrogen-bond donors (Lipinski definition) is 2. The van der Waals surface area contributed by atoms with E-state index in [9.17, 15) is 9.18 Å². The van der Waals surface area contributed by atoms with Crippen molar-refractivity contribution in [2.75, 3.05) is 19.0 Å². The summed E-state index contributed by atoms with van der Waals surface area (Å²) in [5.74, 6) is -0.0499. The maximum absolute atomic E-state index is 13.3. The summed E-state index contributed by atoms with van der Waals surface area (Å²) in [4.78, 5) is 13.3. The Balaban J connectivity index is 1.74. The van der Waals surface area contributed by atoms with E-state index in [0.29, 0.717) is 35.7 Å². The summed E-state index contributed by atoms with van der Waals surface area (Å²) in [5.41, 5.74) is 4.86. The molecule has 35 heavy (non-hydrogen) atoms. The number of rotatable bonds is 10. The molecule has 0 bridgehead atoms. The quantitative estimate of drug-likeness (QED) is 0.326. The molecule has 0 fully saturated rings. The summed E-state index contributed by atoms with van der Waals surface area (Å²) in [7, 11) is 1.67. The lowest BCUT2D eigenvalue weighted by Crippen LogP contribution is -2.15. The van der Waals surface area contributed by atoms with Gasteiger partial charge in [-0.2, -0.15) is 5.10 Å². The first-order chi connectivity index (χ1) is 16.9. The Morgan fingerprint density at radius 3 is 2.71 bits per heavy atom. The number of aromatic nitrogens is 3. The van der Waals surface area contributed by atoms with Crippen LogP contribution in [0.2, 0.25) is 0 Å². The fraction of sp³-hybridized carbons (Fsp3) is 0.269. The van der Waals surface area contributed by atoms with Gasteiger partial charge < -0.3 is 19.3 Å². The van der Waals surface area contributed by atoms with Gasteiger partial charge in [-0.25, -0.2) is 4.39 Å². The van der Waals surface area contributed by atoms with Gasteiger partial charge in [-0.15, -0.1) is 0 Å². The number of carbonyl (C=O) groups is 1. The Morgan fingerprint density at radius 1 is 1.26 bits per heavy atom. The Bertz CT molecular complexity index is 1270. The minimum absolute atomic E-state index is 0.172. The van der Waals surface area contributed by atoms with E-state index >= 15 is 0 Å². The number of ether oxygens (including phenoxy) is 2. The van der Waals surface area contributed by atoms with Crippen LogP contribution in [0.3, 0.4) is 0 Å². The van der Waals surface area contributed by atoms with Crippen LogP contribution in [0.25, 0.3) is 11.1 Å². The number of anilines is 1. The number of aryl methyl sites for hydroxylation is 1. The number of carbonyl (C=O) groups excluding carboxylic acids is 1. The van der Waals surface area contributed by atoms with Gasteiger partial charge in [-0.05, 0) is 60.2 Å². The largest absolute Gasteiger partial charge is 0.488 e. The van der Waals surface area contributed by atoms with Crippen molar-refractivity contribution >= 4 is 11.6 Å². The number of nitrogens with zero attached hydrogens (tertiary/aromatic N) is 2. The third kappa shape index (κ3) is 5.93. The van der Waals surface area contributed by atoms with Crippen LogP contribution in [0.15, 0.2) is 59.6 Å². The number of aromatic amines is 1. The van der Waals surface area contributed by atoms with Crippen molar-refractivity contribution in [2.24, 2.45) is 5.92 Å². The standard InChI is InChI=1S/C26H27FN4O4/c1-16(13-33-3)8-19-9-25(34-14-18-4-6-21(27)7-5-18)23(10-22(19)20-11-28-29-12-20)26(32)30-24-15-35-31-17(24)2/h4-7,9-12,15-16H,8,13-14H2,1-3H3,(H,28,29)(H,30,32). The first-order valence-corrected chi connectivity index (χ1v) is 11.2. The van der Waals surface area contributed by atoms with E-state index in [-0.39, 0.29) is 24.2 Å². The van der Waals surface area contributed by atoms with E-state index in [1.807, 2.05) is 6.07 Å². The minimum atomic E-state index is -0.369. The van der Waals surface area contributed by atoms with E-state index < -0.39 is 0 Å². The maximum atomic E-state index is 13.3. The highest BCUT2D eigenvalue weighted by Crippen LogP contribution is 2.33. The highest BCUT2D eigenvalue weighted by Gasteiger charge is 2.21. The smallest absolute Gasteiger partial charge is 0.259 e. The van der Waals surface area contributed by atoms with Crippen molar-refractivity contribution in [1.82, 2.24) is 15.4 Å². The Hall–Kier alpha value is -3.98. The highest BCUT2D eigenvalue weighted by molar-refractivity contribution is 6.07. The number of H-pyrrole nitrogens is 1. The Morgan fingerprint density at radius 2 is 2.06 bits per heavy atom. The molecule has 0 saturated heterocycles. The predicted molar refractivity (Wildman–Crippen MR) is 129 cm³/mol. The van der Waals surface area contributed by atoms with Gasteiger partial charge in [0.05, 0.1) is 11.8 Å². The molecule has 0 saturated carbocycles. The van der Waals surface area contributed by atoms with Gasteiger partial charge in [0.2, 0.25) is 0 Å². The number of halogens is 1. The molecule has 2 aromatic carbocycles. The normalized spacial score (nSPS) is 11.9. The van der Waals surface area contributed by atoms with E-state index in [1.54, 1.807) is 44.6 Å². The molecule has 1 atom stereocenters. The lowest BCUT2D eigenvalue weighted by Gasteiger charge is -2.19. The summed E-state index contributed by atoms with van der Waals surface area (Å²) >= 11 is 0. The molecule has 2 aromatic heterocycles. The lowest BCUT2D eigenvalue weighted by molar-refractivity contribution is 0.102. The molecule has 0 spiro atoms. The zero-order valence-corrected chi connectivity index (χ0v) is 19.8. The van der Waals surface area contributed by atoms with E-state index in [4.69, 9.17) is 14.0 Å². The molecule has 8 nitrogen and oxygen atoms in total. The average Bonchev–Trinajstić information content (AvgIpc) is 3.51. The van der Waals surface area contributed by atoms with Gasteiger partial charge in [0, 0.05) is 25.5 Å². The number of amides is 1. The molecule has 182 valence electrons. The van der Waals surface area contributed by atoms with Crippen molar-refractivity contribution in [3.8, 4) is 16.9 Å². The van der Waals surface area contributed by atoms with Crippen LogP contribution in [0, 0.1) is 18.7 Å². The third-order valence-corrected chi connectivity index (χ3v) is 5.58. The van der Waals surface area contributed by atoms with E-state index in [2.05, 4.69) is 27.6 Å². The van der Waals surface area contributed by atoms with Gasteiger partial charge in [-0.1, -0.05) is 24.2 Å². The number of nitrogens with one attached hydrogen (secondary N) is 2. The molecule has 9 heteroatoms. The molecule has 1 amide bonds. The van der Waals surface area contributed by atoms with Gasteiger partial charge in [0.15, 0.2) is 0 Å². The first kappa shape index (κ1) is 24.2. The topological polar surface area (TPSA) is 102 Å². The van der Waals surface area contributed by atoms with Crippen LogP contribution >= 0.6 is 0 Å². The van der Waals surface area contributed by atoms with Crippen LogP contribution in [-0.4, -0.2) is 35.0 Å². The monoisotopic (exact) mass is 478 g/mol. The predicted octanol–water partition coefficient (Wildman–Crippen LogP) is 5.17. The molecular formula is C26H27FN4O4. The summed E-state index contributed by atoms with van der Waals surface area (Å²) in [5, 5.41) is 13.6. The SMILES string of the molecule is COCC(C)Cc1cc(OCc2ccc(F)cc2)c(C(=O)Nc2conc2C)cc1-c1cn[nH]c1. The van der Waals surface area contributed by atoms with Crippen LogP contribution < -0.4 is 10.1 Å². The van der Waals surface area contributed by atoms with Gasteiger partial charge in [-0.3, -0.25) is 9.89 Å². The molecule has 1 unspecified atom stereocenters. The third-order valence-electron chi connectivity index (χ3n) is 5.58. The zero-order chi connectivity index (χ0) is 24.8. The maximum Gasteiger partial charge on any atom is 0.259 e. The van der Waals surface area contributed by atoms with Crippen molar-refractivity contribution in [3.05, 3.63) is 83.3 Å². The van der Waals surface area contributed by atoms with Gasteiger partial charge in [0.25, 0.3) is 5.91 Å². The van der Waals surface area contributed by atoms with E-state index in [1.165, 1.54) is 18.4 Å². The van der Waals surface area contributed by atoms with Crippen LogP contribution in [0.4, 0.5) is 10.1 Å². The summed E-state index contributed by atoms with van der Waals surface area (Å²) in [6, 6.07) is 9.74. The molecule has 2 heterocycles. The Labute approximate surface area is 202 Å². The van der Waals surface area contributed by atoms with Crippen LogP contribution in [0.1, 0.15) is 34.1 Å². The van der Waals surface area contributed by atoms with Crippen molar-refractivity contribution < 1.29 is 23.2 Å². The van der Waals surface area contributed by atoms with Crippen molar-refractivity contribution in [1.29, 1.82) is 0 Å². The van der Waals surface area contributed by atoms with Crippen molar-refractivity contribution in [2.45, 2.75) is 26.9 Å². The summed E-state index contributed by atoms with van der Waals surface area (Å²) in [6.45, 7) is 4.59. The van der Waals surface area contributed by atoms with E-state index in [0.717, 1.165) is 22.3 Å². The van der Waals surface area contributed by atoms with Gasteiger partial charge >= 0.3 is 0 Å². The molecular weight excluding hydrogens is 451 g/mol. The van der Waals surface area contributed by atoms with Crippen LogP contribution in [-0.2, 0) is 17.8 Å². The van der Waals surface area contributed by atoms with Crippen LogP contribution in [0.5, 0.6) is 5.75 Å². The summed E-state index contributed by atoms with van der Waals surface area (Å²) < 4.78 is 29.7. The number of benzene rings is 2. The number of methoxy groups -OCH3 is 1. The Kier molecular flexibility index (Phi) is 7.57. The van der Waals surface area contributed by atoms with Gasteiger partial charge in [0.1, 0.15) is 35.8 Å². The molecule has 2 N–H and O–H groups in total. The minimum Gasteiger partial charge on any atom is -0.488 e. The number of hydrogen-bond acceptors (Lipinski definition) is 6. The lowest BCUT2D eigenvalue weighted by atomic mass is 9.92. The second-order valence-corrected chi connectivity index (χ2v) is 8.44. The highest BCUT2D eigenvalue weighted by atomic mass is 19.1. The fourth-order valence-electron chi connectivity index (χ4n) is 3.82. The zero-order valence-electron chi connectivity index (χ0n) is 19.8. The molecule has 0 aliphatic heterocycles. The second kappa shape index (κ2) is 11.0. The average molecular weight is 479 g/mol. The molecule has 0 radical (unpaired) electrons. The molecule has 0 aliphatic rings. The summed E-state index contributed by atoms with van der Waals surface area (Å²) in [6.07, 6.45) is 5.58. The molecule has 4 aromatic rings. The fourth-order valence-corrected chi connectivity index (χ4v) is 3.82. The molecule has 4 rings (SSSR count). The first-order valence-electron chi connectivity index (χ1n) is 11.2. The van der Waals surface area contributed by atoms with Crippen molar-refractivity contribution in [3.63, 3.8) is 0 Å².